The Labute approximate surface area is 173 Å². The number of fused-ring (bicyclic) bond motifs is 1. The van der Waals surface area contributed by atoms with E-state index >= 15 is 0 Å². The van der Waals surface area contributed by atoms with E-state index in [9.17, 15) is 9.90 Å². The molecule has 0 radical (unpaired) electrons. The van der Waals surface area contributed by atoms with Crippen molar-refractivity contribution >= 4 is 16.7 Å². The average molecular weight is 397 g/mol. The fraction of sp³-hybridized carbons (Fsp3) is 0.480. The first-order valence-electron chi connectivity index (χ1n) is 10.3. The second-order valence-electron chi connectivity index (χ2n) is 9.20. The standard InChI is InChI=1S/C25H32O4/c1-17(2)22(26)28-20-14-13-18-11-7-8-12-19(18)21(20)25(15-9-10-16-25)29-24(5,6)23(3,4)27/h7-8,11-14,27H,1,9-10,15-16H2,2-6H3. The van der Waals surface area contributed by atoms with E-state index in [2.05, 4.69) is 6.58 Å². The molecule has 0 aromatic heterocycles. The zero-order valence-electron chi connectivity index (χ0n) is 18.2. The molecule has 1 aliphatic rings. The summed E-state index contributed by atoms with van der Waals surface area (Å²) in [7, 11) is 0. The normalized spacial score (nSPS) is 16.8. The van der Waals surface area contributed by atoms with Crippen LogP contribution >= 0.6 is 0 Å². The summed E-state index contributed by atoms with van der Waals surface area (Å²) >= 11 is 0. The molecule has 0 spiro atoms. The fourth-order valence-corrected chi connectivity index (χ4v) is 3.96. The van der Waals surface area contributed by atoms with Gasteiger partial charge in [0.05, 0.1) is 16.8 Å². The maximum atomic E-state index is 12.4. The molecule has 2 aromatic carbocycles. The molecule has 0 unspecified atom stereocenters. The maximum absolute atomic E-state index is 12.4. The third-order valence-corrected chi connectivity index (χ3v) is 6.23. The van der Waals surface area contributed by atoms with Crippen LogP contribution in [-0.4, -0.2) is 22.3 Å². The van der Waals surface area contributed by atoms with Gasteiger partial charge in [-0.2, -0.15) is 0 Å². The summed E-state index contributed by atoms with van der Waals surface area (Å²) in [6.45, 7) is 12.7. The number of carbonyl (C=O) groups excluding carboxylic acids is 1. The molecule has 0 bridgehead atoms. The van der Waals surface area contributed by atoms with E-state index in [1.807, 2.05) is 50.2 Å². The first-order chi connectivity index (χ1) is 13.5. The lowest BCUT2D eigenvalue weighted by molar-refractivity contribution is -0.216. The lowest BCUT2D eigenvalue weighted by atomic mass is 9.83. The summed E-state index contributed by atoms with van der Waals surface area (Å²) in [5.41, 5.74) is -1.25. The second-order valence-corrected chi connectivity index (χ2v) is 9.20. The fourth-order valence-electron chi connectivity index (χ4n) is 3.96. The number of benzene rings is 2. The molecule has 0 aliphatic heterocycles. The van der Waals surface area contributed by atoms with Gasteiger partial charge >= 0.3 is 5.97 Å². The lowest BCUT2D eigenvalue weighted by Gasteiger charge is -2.45. The van der Waals surface area contributed by atoms with Crippen molar-refractivity contribution in [3.8, 4) is 5.75 Å². The van der Waals surface area contributed by atoms with Gasteiger partial charge in [-0.15, -0.1) is 0 Å². The molecule has 2 aromatic rings. The molecule has 1 saturated carbocycles. The van der Waals surface area contributed by atoms with Crippen LogP contribution in [0.1, 0.15) is 65.9 Å². The molecule has 1 aliphatic carbocycles. The highest BCUT2D eigenvalue weighted by atomic mass is 16.6. The smallest absolute Gasteiger partial charge is 0.338 e. The Morgan fingerprint density at radius 2 is 1.69 bits per heavy atom. The minimum absolute atomic E-state index is 0.349. The third-order valence-electron chi connectivity index (χ3n) is 6.23. The summed E-state index contributed by atoms with van der Waals surface area (Å²) in [5.74, 6) is 0.0570. The van der Waals surface area contributed by atoms with E-state index in [0.717, 1.165) is 42.0 Å². The zero-order valence-corrected chi connectivity index (χ0v) is 18.2. The van der Waals surface area contributed by atoms with Gasteiger partial charge in [-0.25, -0.2) is 4.79 Å². The Morgan fingerprint density at radius 1 is 1.07 bits per heavy atom. The van der Waals surface area contributed by atoms with Gasteiger partial charge in [-0.1, -0.05) is 49.8 Å². The largest absolute Gasteiger partial charge is 0.423 e. The number of carbonyl (C=O) groups is 1. The summed E-state index contributed by atoms with van der Waals surface area (Å²) in [4.78, 5) is 12.4. The van der Waals surface area contributed by atoms with E-state index in [1.165, 1.54) is 0 Å². The van der Waals surface area contributed by atoms with Crippen LogP contribution in [0.4, 0.5) is 0 Å². The van der Waals surface area contributed by atoms with Gasteiger partial charge in [0.25, 0.3) is 0 Å². The van der Waals surface area contributed by atoms with Crippen LogP contribution in [0.3, 0.4) is 0 Å². The second kappa shape index (κ2) is 7.58. The molecule has 1 N–H and O–H groups in total. The van der Waals surface area contributed by atoms with E-state index in [-0.39, 0.29) is 0 Å². The SMILES string of the molecule is C=C(C)C(=O)Oc1ccc2ccccc2c1C1(OC(C)(C)C(C)(C)O)CCCC1. The Kier molecular flexibility index (Phi) is 5.63. The molecule has 29 heavy (non-hydrogen) atoms. The van der Waals surface area contributed by atoms with Gasteiger partial charge in [-0.05, 0) is 64.3 Å². The predicted octanol–water partition coefficient (Wildman–Crippen LogP) is 5.66. The topological polar surface area (TPSA) is 55.8 Å². The van der Waals surface area contributed by atoms with E-state index in [1.54, 1.807) is 20.8 Å². The molecule has 4 nitrogen and oxygen atoms in total. The molecule has 1 fully saturated rings. The van der Waals surface area contributed by atoms with Crippen LogP contribution in [0, 0.1) is 0 Å². The van der Waals surface area contributed by atoms with Gasteiger partial charge in [0.2, 0.25) is 0 Å². The van der Waals surface area contributed by atoms with Gasteiger partial charge in [0.15, 0.2) is 0 Å². The van der Waals surface area contributed by atoms with Crippen LogP contribution in [-0.2, 0) is 15.1 Å². The highest BCUT2D eigenvalue weighted by Crippen LogP contribution is 2.51. The van der Waals surface area contributed by atoms with Gasteiger partial charge in [0.1, 0.15) is 5.75 Å². The van der Waals surface area contributed by atoms with Crippen molar-refractivity contribution in [1.29, 1.82) is 0 Å². The van der Waals surface area contributed by atoms with E-state index < -0.39 is 22.8 Å². The van der Waals surface area contributed by atoms with Crippen LogP contribution in [0.2, 0.25) is 0 Å². The molecule has 156 valence electrons. The quantitative estimate of drug-likeness (QED) is 0.389. The molecule has 0 amide bonds. The Balaban J connectivity index is 2.23. The highest BCUT2D eigenvalue weighted by molar-refractivity contribution is 5.92. The minimum atomic E-state index is -1.04. The Morgan fingerprint density at radius 3 is 2.28 bits per heavy atom. The van der Waals surface area contributed by atoms with Crippen LogP contribution < -0.4 is 4.74 Å². The predicted molar refractivity (Wildman–Crippen MR) is 116 cm³/mol. The van der Waals surface area contributed by atoms with Crippen molar-refractivity contribution in [3.63, 3.8) is 0 Å². The van der Waals surface area contributed by atoms with E-state index in [4.69, 9.17) is 9.47 Å². The van der Waals surface area contributed by atoms with Crippen LogP contribution in [0.5, 0.6) is 5.75 Å². The van der Waals surface area contributed by atoms with E-state index in [0.29, 0.717) is 11.3 Å². The molecule has 0 atom stereocenters. The highest BCUT2D eigenvalue weighted by Gasteiger charge is 2.48. The molecular weight excluding hydrogens is 364 g/mol. The number of rotatable bonds is 6. The zero-order chi connectivity index (χ0) is 21.4. The van der Waals surface area contributed by atoms with Crippen LogP contribution in [0.25, 0.3) is 10.8 Å². The molecule has 0 saturated heterocycles. The average Bonchev–Trinajstić information content (AvgIpc) is 3.08. The number of hydrogen-bond acceptors (Lipinski definition) is 4. The van der Waals surface area contributed by atoms with Crippen LogP contribution in [0.15, 0.2) is 48.6 Å². The van der Waals surface area contributed by atoms with Gasteiger partial charge < -0.3 is 14.6 Å². The van der Waals surface area contributed by atoms with Crippen molar-refractivity contribution < 1.29 is 19.4 Å². The lowest BCUT2D eigenvalue weighted by Crippen LogP contribution is -2.51. The first kappa shape index (κ1) is 21.5. The Bertz CT molecular complexity index is 927. The first-order valence-corrected chi connectivity index (χ1v) is 10.3. The summed E-state index contributed by atoms with van der Waals surface area (Å²) in [6, 6.07) is 11.9. The monoisotopic (exact) mass is 396 g/mol. The third kappa shape index (κ3) is 4.10. The van der Waals surface area contributed by atoms with Crippen molar-refractivity contribution in [2.24, 2.45) is 0 Å². The van der Waals surface area contributed by atoms with Gasteiger partial charge in [-0.3, -0.25) is 0 Å². The van der Waals surface area contributed by atoms with Gasteiger partial charge in [0, 0.05) is 11.1 Å². The number of esters is 1. The Hall–Kier alpha value is -2.17. The summed E-state index contributed by atoms with van der Waals surface area (Å²) < 4.78 is 12.5. The number of hydrogen-bond donors (Lipinski definition) is 1. The summed E-state index contributed by atoms with van der Waals surface area (Å²) in [6.07, 6.45) is 3.63. The molecular formula is C25H32O4. The van der Waals surface area contributed by atoms with Crippen molar-refractivity contribution in [3.05, 3.63) is 54.1 Å². The maximum Gasteiger partial charge on any atom is 0.338 e. The number of aliphatic hydroxyl groups is 1. The summed E-state index contributed by atoms with van der Waals surface area (Å²) in [5, 5.41) is 12.8. The number of ether oxygens (including phenoxy) is 2. The van der Waals surface area contributed by atoms with Crippen molar-refractivity contribution in [1.82, 2.24) is 0 Å². The molecule has 0 heterocycles. The molecule has 3 rings (SSSR count). The van der Waals surface area contributed by atoms with Crippen molar-refractivity contribution in [2.75, 3.05) is 0 Å². The van der Waals surface area contributed by atoms with Crippen molar-refractivity contribution in [2.45, 2.75) is 77.1 Å². The minimum Gasteiger partial charge on any atom is -0.423 e. The molecule has 4 heteroatoms.